The lowest BCUT2D eigenvalue weighted by atomic mass is 10.1. The van der Waals surface area contributed by atoms with Crippen molar-refractivity contribution in [1.82, 2.24) is 14.4 Å². The Balaban J connectivity index is 2.10. The van der Waals surface area contributed by atoms with Crippen molar-refractivity contribution in [3.63, 3.8) is 0 Å². The number of fused-ring (bicyclic) bond motifs is 3. The zero-order valence-corrected chi connectivity index (χ0v) is 12.0. The SMILES string of the molecule is COc1cccc(-c2cnc3c(N)nc4ccccc4n23)c1. The summed E-state index contributed by atoms with van der Waals surface area (Å²) in [5.41, 5.74) is 10.5. The number of rotatable bonds is 2. The molecule has 22 heavy (non-hydrogen) atoms. The molecular formula is C17H14N4O. The van der Waals surface area contributed by atoms with Gasteiger partial charge in [-0.3, -0.25) is 4.40 Å². The van der Waals surface area contributed by atoms with Gasteiger partial charge in [-0.15, -0.1) is 0 Å². The molecule has 4 rings (SSSR count). The zero-order chi connectivity index (χ0) is 15.1. The maximum absolute atomic E-state index is 6.05. The van der Waals surface area contributed by atoms with Crippen molar-refractivity contribution < 1.29 is 4.74 Å². The van der Waals surface area contributed by atoms with E-state index in [0.717, 1.165) is 28.0 Å². The Morgan fingerprint density at radius 3 is 2.82 bits per heavy atom. The molecule has 0 fully saturated rings. The first kappa shape index (κ1) is 12.6. The van der Waals surface area contributed by atoms with Crippen LogP contribution in [0.2, 0.25) is 0 Å². The smallest absolute Gasteiger partial charge is 0.180 e. The molecule has 0 aliphatic rings. The number of nitrogens with zero attached hydrogens (tertiary/aromatic N) is 3. The van der Waals surface area contributed by atoms with E-state index in [9.17, 15) is 0 Å². The third kappa shape index (κ3) is 1.79. The first-order valence-electron chi connectivity index (χ1n) is 6.94. The molecule has 108 valence electrons. The Morgan fingerprint density at radius 1 is 1.09 bits per heavy atom. The first-order chi connectivity index (χ1) is 10.8. The fourth-order valence-electron chi connectivity index (χ4n) is 2.69. The highest BCUT2D eigenvalue weighted by atomic mass is 16.5. The number of para-hydroxylation sites is 2. The second kappa shape index (κ2) is 4.73. The van der Waals surface area contributed by atoms with Gasteiger partial charge in [-0.1, -0.05) is 24.3 Å². The molecule has 2 heterocycles. The van der Waals surface area contributed by atoms with E-state index in [1.807, 2.05) is 59.1 Å². The lowest BCUT2D eigenvalue weighted by molar-refractivity contribution is 0.415. The van der Waals surface area contributed by atoms with Gasteiger partial charge < -0.3 is 10.5 Å². The summed E-state index contributed by atoms with van der Waals surface area (Å²) in [4.78, 5) is 8.85. The maximum atomic E-state index is 6.05. The minimum Gasteiger partial charge on any atom is -0.497 e. The third-order valence-corrected chi connectivity index (χ3v) is 3.72. The van der Waals surface area contributed by atoms with Crippen molar-refractivity contribution in [1.29, 1.82) is 0 Å². The second-order valence-electron chi connectivity index (χ2n) is 5.02. The fourth-order valence-corrected chi connectivity index (χ4v) is 2.69. The summed E-state index contributed by atoms with van der Waals surface area (Å²) in [6.07, 6.45) is 1.81. The molecule has 5 heteroatoms. The quantitative estimate of drug-likeness (QED) is 0.616. The molecular weight excluding hydrogens is 276 g/mol. The number of ether oxygens (including phenoxy) is 1. The van der Waals surface area contributed by atoms with Crippen molar-refractivity contribution >= 4 is 22.5 Å². The number of hydrogen-bond acceptors (Lipinski definition) is 4. The van der Waals surface area contributed by atoms with Gasteiger partial charge in [0.2, 0.25) is 0 Å². The number of hydrogen-bond donors (Lipinski definition) is 1. The zero-order valence-electron chi connectivity index (χ0n) is 12.0. The van der Waals surface area contributed by atoms with Crippen molar-refractivity contribution in [2.45, 2.75) is 0 Å². The van der Waals surface area contributed by atoms with E-state index in [1.54, 1.807) is 7.11 Å². The van der Waals surface area contributed by atoms with E-state index in [1.165, 1.54) is 0 Å². The molecule has 0 saturated carbocycles. The summed E-state index contributed by atoms with van der Waals surface area (Å²) >= 11 is 0. The van der Waals surface area contributed by atoms with Crippen LogP contribution in [-0.4, -0.2) is 21.5 Å². The van der Waals surface area contributed by atoms with E-state index in [2.05, 4.69) is 9.97 Å². The van der Waals surface area contributed by atoms with Gasteiger partial charge in [0.05, 0.1) is 30.0 Å². The summed E-state index contributed by atoms with van der Waals surface area (Å²) in [6.45, 7) is 0. The molecule has 0 radical (unpaired) electrons. The lowest BCUT2D eigenvalue weighted by Crippen LogP contribution is -1.99. The largest absolute Gasteiger partial charge is 0.497 e. The molecule has 0 bridgehead atoms. The Kier molecular flexibility index (Phi) is 2.72. The molecule has 2 N–H and O–H groups in total. The summed E-state index contributed by atoms with van der Waals surface area (Å²) in [5, 5.41) is 0. The van der Waals surface area contributed by atoms with Crippen molar-refractivity contribution in [2.75, 3.05) is 12.8 Å². The number of aromatic nitrogens is 3. The summed E-state index contributed by atoms with van der Waals surface area (Å²) in [5.74, 6) is 1.23. The molecule has 2 aromatic heterocycles. The monoisotopic (exact) mass is 290 g/mol. The number of benzene rings is 2. The van der Waals surface area contributed by atoms with Crippen LogP contribution in [0.1, 0.15) is 0 Å². The minimum absolute atomic E-state index is 0.424. The molecule has 0 atom stereocenters. The normalized spacial score (nSPS) is 11.1. The van der Waals surface area contributed by atoms with Crippen LogP contribution in [0.15, 0.2) is 54.7 Å². The standard InChI is InChI=1S/C17H14N4O/c1-22-12-6-4-5-11(9-12)15-10-19-17-16(18)20-13-7-2-3-8-14(13)21(15)17/h2-10H,1H3,(H2,18,20). The van der Waals surface area contributed by atoms with Gasteiger partial charge in [-0.25, -0.2) is 9.97 Å². The highest BCUT2D eigenvalue weighted by Gasteiger charge is 2.13. The van der Waals surface area contributed by atoms with Gasteiger partial charge >= 0.3 is 0 Å². The topological polar surface area (TPSA) is 65.4 Å². The lowest BCUT2D eigenvalue weighted by Gasteiger charge is -2.08. The minimum atomic E-state index is 0.424. The van der Waals surface area contributed by atoms with Crippen LogP contribution < -0.4 is 10.5 Å². The van der Waals surface area contributed by atoms with Crippen LogP contribution in [0.3, 0.4) is 0 Å². The average molecular weight is 290 g/mol. The summed E-state index contributed by atoms with van der Waals surface area (Å²) in [7, 11) is 1.66. The average Bonchev–Trinajstić information content (AvgIpc) is 3.01. The number of imidazole rings is 1. The Hall–Kier alpha value is -3.08. The Morgan fingerprint density at radius 2 is 1.95 bits per heavy atom. The molecule has 0 amide bonds. The van der Waals surface area contributed by atoms with Crippen LogP contribution >= 0.6 is 0 Å². The van der Waals surface area contributed by atoms with Crippen LogP contribution in [-0.2, 0) is 0 Å². The van der Waals surface area contributed by atoms with Gasteiger partial charge in [0.15, 0.2) is 11.5 Å². The van der Waals surface area contributed by atoms with Crippen molar-refractivity contribution in [3.05, 3.63) is 54.7 Å². The van der Waals surface area contributed by atoms with Gasteiger partial charge in [0.1, 0.15) is 5.75 Å². The molecule has 0 saturated heterocycles. The van der Waals surface area contributed by atoms with E-state index in [-0.39, 0.29) is 0 Å². The molecule has 0 aliphatic carbocycles. The predicted molar refractivity (Wildman–Crippen MR) is 86.9 cm³/mol. The summed E-state index contributed by atoms with van der Waals surface area (Å²) in [6, 6.07) is 15.8. The molecule has 4 aromatic rings. The van der Waals surface area contributed by atoms with Gasteiger partial charge in [0.25, 0.3) is 0 Å². The molecule has 0 unspecified atom stereocenters. The first-order valence-corrected chi connectivity index (χ1v) is 6.94. The van der Waals surface area contributed by atoms with Crippen molar-refractivity contribution in [3.8, 4) is 17.0 Å². The van der Waals surface area contributed by atoms with Crippen LogP contribution in [0.5, 0.6) is 5.75 Å². The Bertz CT molecular complexity index is 990. The number of nitrogen functional groups attached to an aromatic ring is 1. The number of methoxy groups -OCH3 is 1. The molecule has 5 nitrogen and oxygen atoms in total. The van der Waals surface area contributed by atoms with Gasteiger partial charge in [-0.2, -0.15) is 0 Å². The van der Waals surface area contributed by atoms with Crippen LogP contribution in [0.25, 0.3) is 27.9 Å². The highest BCUT2D eigenvalue weighted by Crippen LogP contribution is 2.29. The van der Waals surface area contributed by atoms with Crippen LogP contribution in [0.4, 0.5) is 5.82 Å². The maximum Gasteiger partial charge on any atom is 0.180 e. The van der Waals surface area contributed by atoms with Crippen LogP contribution in [0, 0.1) is 0 Å². The van der Waals surface area contributed by atoms with Crippen molar-refractivity contribution in [2.24, 2.45) is 0 Å². The molecule has 2 aromatic carbocycles. The fraction of sp³-hybridized carbons (Fsp3) is 0.0588. The third-order valence-electron chi connectivity index (χ3n) is 3.72. The molecule has 0 aliphatic heterocycles. The second-order valence-corrected chi connectivity index (χ2v) is 5.02. The molecule has 0 spiro atoms. The number of nitrogens with two attached hydrogens (primary N) is 1. The van der Waals surface area contributed by atoms with E-state index in [4.69, 9.17) is 10.5 Å². The Labute approximate surface area is 127 Å². The van der Waals surface area contributed by atoms with Gasteiger partial charge in [0, 0.05) is 5.56 Å². The highest BCUT2D eigenvalue weighted by molar-refractivity contribution is 5.85. The summed E-state index contributed by atoms with van der Waals surface area (Å²) < 4.78 is 7.34. The van der Waals surface area contributed by atoms with E-state index >= 15 is 0 Å². The van der Waals surface area contributed by atoms with Gasteiger partial charge in [-0.05, 0) is 24.3 Å². The number of anilines is 1. The van der Waals surface area contributed by atoms with E-state index in [0.29, 0.717) is 11.5 Å². The van der Waals surface area contributed by atoms with E-state index < -0.39 is 0 Å². The predicted octanol–water partition coefficient (Wildman–Crippen LogP) is 3.14.